The van der Waals surface area contributed by atoms with Crippen LogP contribution in [0, 0.1) is 16.0 Å². The number of carbonyl (C=O) groups excluding carboxylic acids is 1. The average Bonchev–Trinajstić information content (AvgIpc) is 2.66. The first-order valence-corrected chi connectivity index (χ1v) is 10.4. The van der Waals surface area contributed by atoms with Gasteiger partial charge in [-0.15, -0.1) is 0 Å². The quantitative estimate of drug-likeness (QED) is 0.342. The largest absolute Gasteiger partial charge is 0.466 e. The highest BCUT2D eigenvalue weighted by Gasteiger charge is 2.31. The molecule has 0 radical (unpaired) electrons. The molecule has 0 aliphatic carbocycles. The molecule has 1 aromatic carbocycles. The Morgan fingerprint density at radius 2 is 2.00 bits per heavy atom. The summed E-state index contributed by atoms with van der Waals surface area (Å²) in [6, 6.07) is 5.61. The second-order valence-electron chi connectivity index (χ2n) is 8.72. The van der Waals surface area contributed by atoms with Crippen molar-refractivity contribution in [2.75, 3.05) is 31.3 Å². The molecule has 0 unspecified atom stereocenters. The summed E-state index contributed by atoms with van der Waals surface area (Å²) in [7, 11) is 0. The van der Waals surface area contributed by atoms with Crippen molar-refractivity contribution in [3.8, 4) is 0 Å². The summed E-state index contributed by atoms with van der Waals surface area (Å²) < 4.78 is 10.6. The van der Waals surface area contributed by atoms with Crippen molar-refractivity contribution in [1.29, 1.82) is 0 Å². The summed E-state index contributed by atoms with van der Waals surface area (Å²) in [5.74, 6) is 0.0743. The monoisotopic (exact) mass is 406 g/mol. The number of rotatable bonds is 9. The number of esters is 1. The first-order chi connectivity index (χ1) is 13.7. The van der Waals surface area contributed by atoms with Crippen molar-refractivity contribution in [2.45, 2.75) is 65.3 Å². The number of anilines is 1. The molecule has 1 aliphatic heterocycles. The van der Waals surface area contributed by atoms with E-state index >= 15 is 0 Å². The van der Waals surface area contributed by atoms with Crippen LogP contribution in [-0.4, -0.2) is 43.3 Å². The Morgan fingerprint density at radius 3 is 2.55 bits per heavy atom. The molecule has 2 rings (SSSR count). The molecule has 1 heterocycles. The molecule has 7 nitrogen and oxygen atoms in total. The summed E-state index contributed by atoms with van der Waals surface area (Å²) in [5.41, 5.74) is 0.937. The van der Waals surface area contributed by atoms with E-state index in [1.165, 1.54) is 0 Å². The molecule has 1 saturated heterocycles. The van der Waals surface area contributed by atoms with Crippen LogP contribution in [0.5, 0.6) is 0 Å². The Morgan fingerprint density at radius 1 is 1.34 bits per heavy atom. The fourth-order valence-electron chi connectivity index (χ4n) is 3.84. The standard InChI is InChI=1S/C22H34N2O5/c1-6-29-21(25)14-22(4,5)17-7-8-19(20(13-17)24(26)27)23(15-16(2)3)18-9-11-28-12-10-18/h7-8,13,16,18H,6,9-12,14-15H2,1-5H3. The van der Waals surface area contributed by atoms with Crippen molar-refractivity contribution < 1.29 is 19.2 Å². The number of nitrogens with zero attached hydrogens (tertiary/aromatic N) is 2. The van der Waals surface area contributed by atoms with Gasteiger partial charge in [0.15, 0.2) is 0 Å². The minimum absolute atomic E-state index is 0.0894. The van der Waals surface area contributed by atoms with E-state index in [2.05, 4.69) is 18.7 Å². The first kappa shape index (κ1) is 23.1. The number of carbonyl (C=O) groups is 1. The van der Waals surface area contributed by atoms with Crippen LogP contribution < -0.4 is 4.90 Å². The Kier molecular flexibility index (Phi) is 8.02. The zero-order valence-electron chi connectivity index (χ0n) is 18.3. The lowest BCUT2D eigenvalue weighted by Crippen LogP contribution is -2.42. The second-order valence-corrected chi connectivity index (χ2v) is 8.72. The van der Waals surface area contributed by atoms with Gasteiger partial charge in [-0.1, -0.05) is 33.8 Å². The molecule has 1 aromatic rings. The number of nitro benzene ring substituents is 1. The van der Waals surface area contributed by atoms with E-state index in [0.717, 1.165) is 24.9 Å². The number of ether oxygens (including phenoxy) is 2. The van der Waals surface area contributed by atoms with Crippen LogP contribution in [-0.2, 0) is 19.7 Å². The van der Waals surface area contributed by atoms with Crippen LogP contribution in [0.3, 0.4) is 0 Å². The van der Waals surface area contributed by atoms with Gasteiger partial charge in [0.25, 0.3) is 5.69 Å². The Balaban J connectivity index is 2.41. The maximum absolute atomic E-state index is 12.0. The third kappa shape index (κ3) is 6.16. The maximum Gasteiger partial charge on any atom is 0.306 e. The highest BCUT2D eigenvalue weighted by Crippen LogP contribution is 2.37. The van der Waals surface area contributed by atoms with Crippen molar-refractivity contribution in [3.05, 3.63) is 33.9 Å². The maximum atomic E-state index is 12.0. The van der Waals surface area contributed by atoms with Gasteiger partial charge in [0.1, 0.15) is 5.69 Å². The molecule has 1 aliphatic rings. The molecule has 162 valence electrons. The zero-order chi connectivity index (χ0) is 21.6. The predicted molar refractivity (Wildman–Crippen MR) is 113 cm³/mol. The van der Waals surface area contributed by atoms with E-state index in [0.29, 0.717) is 31.4 Å². The van der Waals surface area contributed by atoms with Gasteiger partial charge in [-0.05, 0) is 37.3 Å². The number of hydrogen-bond donors (Lipinski definition) is 0. The van der Waals surface area contributed by atoms with Crippen LogP contribution in [0.4, 0.5) is 11.4 Å². The molecule has 7 heteroatoms. The van der Waals surface area contributed by atoms with Crippen molar-refractivity contribution in [2.24, 2.45) is 5.92 Å². The summed E-state index contributed by atoms with van der Waals surface area (Å²) >= 11 is 0. The lowest BCUT2D eigenvalue weighted by molar-refractivity contribution is -0.384. The summed E-state index contributed by atoms with van der Waals surface area (Å²) in [6.45, 7) is 12.3. The summed E-state index contributed by atoms with van der Waals surface area (Å²) in [5, 5.41) is 12.0. The number of nitro groups is 1. The van der Waals surface area contributed by atoms with E-state index in [1.54, 1.807) is 13.0 Å². The summed E-state index contributed by atoms with van der Waals surface area (Å²) in [6.07, 6.45) is 1.90. The van der Waals surface area contributed by atoms with Gasteiger partial charge < -0.3 is 14.4 Å². The molecule has 0 amide bonds. The summed E-state index contributed by atoms with van der Waals surface area (Å²) in [4.78, 5) is 25.8. The lowest BCUT2D eigenvalue weighted by atomic mass is 9.81. The van der Waals surface area contributed by atoms with Gasteiger partial charge in [0.2, 0.25) is 0 Å². The minimum Gasteiger partial charge on any atom is -0.466 e. The molecule has 1 fully saturated rings. The normalized spacial score (nSPS) is 15.4. The van der Waals surface area contributed by atoms with Crippen LogP contribution >= 0.6 is 0 Å². The fraction of sp³-hybridized carbons (Fsp3) is 0.682. The number of hydrogen-bond acceptors (Lipinski definition) is 6. The van der Waals surface area contributed by atoms with Crippen LogP contribution in [0.2, 0.25) is 0 Å². The highest BCUT2D eigenvalue weighted by atomic mass is 16.6. The smallest absolute Gasteiger partial charge is 0.306 e. The van der Waals surface area contributed by atoms with Gasteiger partial charge in [0, 0.05) is 37.3 Å². The fourth-order valence-corrected chi connectivity index (χ4v) is 3.84. The molecular formula is C22H34N2O5. The van der Waals surface area contributed by atoms with E-state index in [1.807, 2.05) is 26.0 Å². The predicted octanol–water partition coefficient (Wildman–Crippen LogP) is 4.47. The molecular weight excluding hydrogens is 372 g/mol. The lowest BCUT2D eigenvalue weighted by Gasteiger charge is -2.37. The molecule has 0 atom stereocenters. The molecule has 0 saturated carbocycles. The van der Waals surface area contributed by atoms with Crippen molar-refractivity contribution in [1.82, 2.24) is 0 Å². The molecule has 0 N–H and O–H groups in total. The minimum atomic E-state index is -0.558. The van der Waals surface area contributed by atoms with Gasteiger partial charge in [-0.3, -0.25) is 14.9 Å². The second kappa shape index (κ2) is 10.1. The number of benzene rings is 1. The van der Waals surface area contributed by atoms with Crippen LogP contribution in [0.25, 0.3) is 0 Å². The van der Waals surface area contributed by atoms with Gasteiger partial charge in [0.05, 0.1) is 18.0 Å². The molecule has 0 aromatic heterocycles. The van der Waals surface area contributed by atoms with Gasteiger partial charge >= 0.3 is 5.97 Å². The Bertz CT molecular complexity index is 711. The van der Waals surface area contributed by atoms with Gasteiger partial charge in [-0.25, -0.2) is 0 Å². The van der Waals surface area contributed by atoms with E-state index in [-0.39, 0.29) is 29.0 Å². The van der Waals surface area contributed by atoms with Crippen molar-refractivity contribution in [3.63, 3.8) is 0 Å². The average molecular weight is 407 g/mol. The topological polar surface area (TPSA) is 81.9 Å². The van der Waals surface area contributed by atoms with E-state index in [4.69, 9.17) is 9.47 Å². The van der Waals surface area contributed by atoms with E-state index < -0.39 is 5.41 Å². The Hall–Kier alpha value is -2.15. The molecule has 0 bridgehead atoms. The zero-order valence-corrected chi connectivity index (χ0v) is 18.3. The van der Waals surface area contributed by atoms with Gasteiger partial charge in [-0.2, -0.15) is 0 Å². The SMILES string of the molecule is CCOC(=O)CC(C)(C)c1ccc(N(CC(C)C)C2CCOCC2)c([N+](=O)[O-])c1. The third-order valence-corrected chi connectivity index (χ3v) is 5.35. The molecule has 0 spiro atoms. The first-order valence-electron chi connectivity index (χ1n) is 10.4. The highest BCUT2D eigenvalue weighted by molar-refractivity contribution is 5.72. The Labute approximate surface area is 173 Å². The third-order valence-electron chi connectivity index (χ3n) is 5.35. The van der Waals surface area contributed by atoms with Crippen LogP contribution in [0.1, 0.15) is 59.4 Å². The van der Waals surface area contributed by atoms with Crippen LogP contribution in [0.15, 0.2) is 18.2 Å². The van der Waals surface area contributed by atoms with Crippen molar-refractivity contribution >= 4 is 17.3 Å². The van der Waals surface area contributed by atoms with E-state index in [9.17, 15) is 14.9 Å². The molecule has 29 heavy (non-hydrogen) atoms.